The van der Waals surface area contributed by atoms with Gasteiger partial charge in [-0.25, -0.2) is 0 Å². The highest BCUT2D eigenvalue weighted by molar-refractivity contribution is 7.05. The Hall–Kier alpha value is -1.02. The number of nitrogens with one attached hydrogen (secondary N) is 1. The number of halogens is 1. The Labute approximate surface area is 134 Å². The molecule has 0 aliphatic rings. The van der Waals surface area contributed by atoms with E-state index in [1.54, 1.807) is 6.20 Å². The van der Waals surface area contributed by atoms with Crippen molar-refractivity contribution < 1.29 is 0 Å². The van der Waals surface area contributed by atoms with Crippen molar-refractivity contribution in [2.75, 3.05) is 27.7 Å². The molecule has 2 heterocycles. The second kappa shape index (κ2) is 7.31. The first kappa shape index (κ1) is 16.4. The van der Waals surface area contributed by atoms with Gasteiger partial charge in [-0.2, -0.15) is 5.10 Å². The Morgan fingerprint density at radius 2 is 2.24 bits per heavy atom. The van der Waals surface area contributed by atoms with E-state index in [1.165, 1.54) is 11.5 Å². The van der Waals surface area contributed by atoms with E-state index in [-0.39, 0.29) is 6.04 Å². The summed E-state index contributed by atoms with van der Waals surface area (Å²) in [5.41, 5.74) is 1.98. The highest BCUT2D eigenvalue weighted by Crippen LogP contribution is 2.31. The SMILES string of the molecule is CCc1nnsc1C(NC)c1c(Cl)cnn1CCN(C)C. The fourth-order valence-electron chi connectivity index (χ4n) is 2.20. The Bertz CT molecular complexity index is 579. The van der Waals surface area contributed by atoms with Crippen LogP contribution in [0.3, 0.4) is 0 Å². The Morgan fingerprint density at radius 1 is 1.48 bits per heavy atom. The molecule has 0 radical (unpaired) electrons. The third-order valence-corrected chi connectivity index (χ3v) is 4.46. The predicted octanol–water partition coefficient (Wildman–Crippen LogP) is 1.82. The molecule has 2 aromatic heterocycles. The smallest absolute Gasteiger partial charge is 0.0890 e. The molecule has 0 amide bonds. The van der Waals surface area contributed by atoms with Gasteiger partial charge in [0.25, 0.3) is 0 Å². The monoisotopic (exact) mass is 328 g/mol. The van der Waals surface area contributed by atoms with Crippen molar-refractivity contribution in [3.05, 3.63) is 27.5 Å². The van der Waals surface area contributed by atoms with Gasteiger partial charge in [0.1, 0.15) is 0 Å². The summed E-state index contributed by atoms with van der Waals surface area (Å²) in [6.07, 6.45) is 2.56. The summed E-state index contributed by atoms with van der Waals surface area (Å²) in [7, 11) is 6.01. The Balaban J connectivity index is 2.36. The van der Waals surface area contributed by atoms with Crippen molar-refractivity contribution in [3.8, 4) is 0 Å². The molecule has 0 saturated carbocycles. The van der Waals surface area contributed by atoms with Gasteiger partial charge in [-0.05, 0) is 39.1 Å². The zero-order valence-corrected chi connectivity index (χ0v) is 14.4. The van der Waals surface area contributed by atoms with Gasteiger partial charge in [0.15, 0.2) is 0 Å². The molecule has 1 N–H and O–H groups in total. The minimum absolute atomic E-state index is 0.0305. The zero-order chi connectivity index (χ0) is 15.4. The largest absolute Gasteiger partial charge is 0.308 e. The molecule has 1 unspecified atom stereocenters. The van der Waals surface area contributed by atoms with Crippen molar-refractivity contribution in [2.45, 2.75) is 25.9 Å². The summed E-state index contributed by atoms with van der Waals surface area (Å²) in [6.45, 7) is 3.78. The first-order valence-corrected chi connectivity index (χ1v) is 8.07. The molecule has 0 aliphatic heterocycles. The van der Waals surface area contributed by atoms with Crippen LogP contribution in [-0.2, 0) is 13.0 Å². The number of rotatable bonds is 7. The molecule has 0 fully saturated rings. The maximum Gasteiger partial charge on any atom is 0.0890 e. The second-order valence-electron chi connectivity index (χ2n) is 5.06. The maximum absolute atomic E-state index is 6.37. The third-order valence-electron chi connectivity index (χ3n) is 3.34. The van der Waals surface area contributed by atoms with Crippen LogP contribution in [0.25, 0.3) is 0 Å². The lowest BCUT2D eigenvalue weighted by Crippen LogP contribution is -2.25. The standard InChI is InChI=1S/C13H21ClN6S/c1-5-10-13(21-18-17-10)11(15-2)12-9(14)8-16-20(12)7-6-19(3)4/h8,11,15H,5-7H2,1-4H3. The average Bonchev–Trinajstić information content (AvgIpc) is 3.06. The van der Waals surface area contributed by atoms with Crippen LogP contribution >= 0.6 is 23.1 Å². The topological polar surface area (TPSA) is 58.9 Å². The normalized spacial score (nSPS) is 13.0. The van der Waals surface area contributed by atoms with Crippen LogP contribution in [0.15, 0.2) is 6.20 Å². The maximum atomic E-state index is 6.37. The molecular formula is C13H21ClN6S. The van der Waals surface area contributed by atoms with E-state index < -0.39 is 0 Å². The van der Waals surface area contributed by atoms with Crippen LogP contribution in [0, 0.1) is 0 Å². The highest BCUT2D eigenvalue weighted by atomic mass is 35.5. The quantitative estimate of drug-likeness (QED) is 0.840. The third kappa shape index (κ3) is 3.60. The van der Waals surface area contributed by atoms with E-state index >= 15 is 0 Å². The van der Waals surface area contributed by atoms with Gasteiger partial charge in [0.05, 0.1) is 40.1 Å². The second-order valence-corrected chi connectivity index (χ2v) is 6.26. The summed E-state index contributed by atoms with van der Waals surface area (Å²) >= 11 is 7.79. The lowest BCUT2D eigenvalue weighted by molar-refractivity contribution is 0.366. The molecule has 8 heteroatoms. The summed E-state index contributed by atoms with van der Waals surface area (Å²) < 4.78 is 6.04. The first-order valence-electron chi connectivity index (χ1n) is 6.92. The van der Waals surface area contributed by atoms with Gasteiger partial charge >= 0.3 is 0 Å². The molecule has 2 rings (SSSR count). The van der Waals surface area contributed by atoms with E-state index in [0.717, 1.165) is 35.8 Å². The molecule has 116 valence electrons. The predicted molar refractivity (Wildman–Crippen MR) is 86.0 cm³/mol. The van der Waals surface area contributed by atoms with Gasteiger partial charge in [-0.15, -0.1) is 5.10 Å². The highest BCUT2D eigenvalue weighted by Gasteiger charge is 2.25. The van der Waals surface area contributed by atoms with Crippen molar-refractivity contribution in [2.24, 2.45) is 0 Å². The van der Waals surface area contributed by atoms with Crippen LogP contribution < -0.4 is 5.32 Å². The summed E-state index contributed by atoms with van der Waals surface area (Å²) in [5.74, 6) is 0. The summed E-state index contributed by atoms with van der Waals surface area (Å²) in [4.78, 5) is 3.23. The molecule has 6 nitrogen and oxygen atoms in total. The van der Waals surface area contributed by atoms with Crippen molar-refractivity contribution in [1.82, 2.24) is 29.6 Å². The number of likely N-dealkylation sites (N-methyl/N-ethyl adjacent to an activating group) is 1. The summed E-state index contributed by atoms with van der Waals surface area (Å²) in [6, 6.07) is -0.0305. The van der Waals surface area contributed by atoms with Crippen molar-refractivity contribution in [3.63, 3.8) is 0 Å². The molecule has 0 bridgehead atoms. The van der Waals surface area contributed by atoms with Crippen molar-refractivity contribution >= 4 is 23.1 Å². The van der Waals surface area contributed by atoms with Gasteiger partial charge in [0.2, 0.25) is 0 Å². The fourth-order valence-corrected chi connectivity index (χ4v) is 3.31. The molecule has 2 aromatic rings. The zero-order valence-electron chi connectivity index (χ0n) is 12.8. The minimum atomic E-state index is -0.0305. The molecule has 0 aromatic carbocycles. The summed E-state index contributed by atoms with van der Waals surface area (Å²) in [5, 5.41) is 12.6. The number of nitrogens with zero attached hydrogens (tertiary/aromatic N) is 5. The van der Waals surface area contributed by atoms with Crippen LogP contribution in [0.5, 0.6) is 0 Å². The lowest BCUT2D eigenvalue weighted by Gasteiger charge is -2.19. The molecule has 21 heavy (non-hydrogen) atoms. The van der Waals surface area contributed by atoms with Gasteiger partial charge in [-0.1, -0.05) is 23.0 Å². The average molecular weight is 329 g/mol. The van der Waals surface area contributed by atoms with Crippen LogP contribution in [0.4, 0.5) is 0 Å². The van der Waals surface area contributed by atoms with Crippen LogP contribution in [0.2, 0.25) is 5.02 Å². The lowest BCUT2D eigenvalue weighted by atomic mass is 10.1. The van der Waals surface area contributed by atoms with E-state index in [4.69, 9.17) is 11.6 Å². The molecular weight excluding hydrogens is 308 g/mol. The van der Waals surface area contributed by atoms with E-state index in [0.29, 0.717) is 5.02 Å². The van der Waals surface area contributed by atoms with E-state index in [2.05, 4.69) is 31.8 Å². The Kier molecular flexibility index (Phi) is 5.69. The number of hydrogen-bond acceptors (Lipinski definition) is 6. The number of aromatic nitrogens is 4. The number of aryl methyl sites for hydroxylation is 1. The molecule has 0 aliphatic carbocycles. The Morgan fingerprint density at radius 3 is 2.86 bits per heavy atom. The fraction of sp³-hybridized carbons (Fsp3) is 0.615. The van der Waals surface area contributed by atoms with Crippen LogP contribution in [0.1, 0.15) is 29.2 Å². The molecule has 0 spiro atoms. The molecule has 0 saturated heterocycles. The first-order chi connectivity index (χ1) is 10.1. The number of hydrogen-bond donors (Lipinski definition) is 1. The van der Waals surface area contributed by atoms with E-state index in [9.17, 15) is 0 Å². The van der Waals surface area contributed by atoms with Gasteiger partial charge in [-0.3, -0.25) is 4.68 Å². The van der Waals surface area contributed by atoms with E-state index in [1.807, 2.05) is 25.8 Å². The van der Waals surface area contributed by atoms with Gasteiger partial charge < -0.3 is 10.2 Å². The van der Waals surface area contributed by atoms with Gasteiger partial charge in [0, 0.05) is 6.54 Å². The van der Waals surface area contributed by atoms with Crippen LogP contribution in [-0.4, -0.2) is 52.0 Å². The van der Waals surface area contributed by atoms with Crippen molar-refractivity contribution in [1.29, 1.82) is 0 Å². The minimum Gasteiger partial charge on any atom is -0.308 e. The molecule has 1 atom stereocenters.